The molecule has 0 spiro atoms. The number of hydrogen-bond donors (Lipinski definition) is 3. The molecule has 0 atom stereocenters. The summed E-state index contributed by atoms with van der Waals surface area (Å²) in [5.74, 6) is -2.00. The maximum absolute atomic E-state index is 14.2. The highest BCUT2D eigenvalue weighted by Crippen LogP contribution is 2.35. The first-order chi connectivity index (χ1) is 22.3. The monoisotopic (exact) mass is 642 g/mol. The molecule has 6 rings (SSSR count). The summed E-state index contributed by atoms with van der Waals surface area (Å²) in [6.45, 7) is 1.58. The van der Waals surface area contributed by atoms with E-state index in [1.165, 1.54) is 24.1 Å². The molecule has 0 aliphatic carbocycles. The van der Waals surface area contributed by atoms with Crippen LogP contribution in [0.5, 0.6) is 5.88 Å². The fourth-order valence-electron chi connectivity index (χ4n) is 4.94. The van der Waals surface area contributed by atoms with Crippen LogP contribution in [0.4, 0.5) is 26.0 Å². The van der Waals surface area contributed by atoms with Crippen molar-refractivity contribution < 1.29 is 27.8 Å². The van der Waals surface area contributed by atoms with Crippen molar-refractivity contribution in [3.63, 3.8) is 0 Å². The van der Waals surface area contributed by atoms with E-state index in [1.807, 2.05) is 30.3 Å². The number of benzene rings is 3. The Morgan fingerprint density at radius 3 is 2.46 bits per heavy atom. The second kappa shape index (κ2) is 13.4. The fraction of sp³-hybridized carbons (Fsp3) is 0.152. The molecule has 3 aromatic carbocycles. The van der Waals surface area contributed by atoms with Gasteiger partial charge in [-0.1, -0.05) is 18.2 Å². The van der Waals surface area contributed by atoms with Gasteiger partial charge in [-0.05, 0) is 71.6 Å². The Hall–Kier alpha value is -5.27. The number of carbonyl (C=O) groups is 2. The number of rotatable bonds is 7. The summed E-state index contributed by atoms with van der Waals surface area (Å²) in [7, 11) is 1.48. The molecule has 5 aromatic rings. The van der Waals surface area contributed by atoms with Gasteiger partial charge in [0.25, 0.3) is 0 Å². The van der Waals surface area contributed by atoms with Gasteiger partial charge in [0, 0.05) is 47.6 Å². The van der Waals surface area contributed by atoms with Gasteiger partial charge >= 0.3 is 11.8 Å². The van der Waals surface area contributed by atoms with Crippen molar-refractivity contribution in [2.45, 2.75) is 4.90 Å². The molecule has 13 heteroatoms. The minimum Gasteiger partial charge on any atom is -0.480 e. The molecule has 1 fully saturated rings. The molecule has 234 valence electrons. The van der Waals surface area contributed by atoms with Crippen molar-refractivity contribution in [1.82, 2.24) is 14.9 Å². The minimum absolute atomic E-state index is 0.215. The summed E-state index contributed by atoms with van der Waals surface area (Å²) in [6, 6.07) is 19.8. The van der Waals surface area contributed by atoms with E-state index in [2.05, 4.69) is 20.0 Å². The number of nitrogens with one attached hydrogen (secondary N) is 2. The van der Waals surface area contributed by atoms with E-state index < -0.39 is 23.4 Å². The second-order valence-corrected chi connectivity index (χ2v) is 11.2. The molecular weight excluding hydrogens is 614 g/mol. The van der Waals surface area contributed by atoms with E-state index in [4.69, 9.17) is 15.2 Å². The third-order valence-corrected chi connectivity index (χ3v) is 8.21. The standard InChI is InChI=1S/C33H28F2N6O4S/c1-44-32-28(40-46-29-9-5-23(34)17-26(29)35)16-22(18-37-32)20-4-8-27-21(14-20)15-25(30(36)39-27)19-2-6-24(7-3-19)38-31(42)33(43)41-10-12-45-13-11-41/h2-9,14-18,40H,10-13H2,1H3,(H2,36,39)(H,38,42). The number of halogens is 2. The quantitative estimate of drug-likeness (QED) is 0.150. The molecule has 2 aromatic heterocycles. The highest BCUT2D eigenvalue weighted by molar-refractivity contribution is 8.00. The zero-order chi connectivity index (χ0) is 32.2. The molecule has 46 heavy (non-hydrogen) atoms. The van der Waals surface area contributed by atoms with Crippen LogP contribution in [0.3, 0.4) is 0 Å². The van der Waals surface area contributed by atoms with E-state index in [0.717, 1.165) is 40.1 Å². The van der Waals surface area contributed by atoms with Gasteiger partial charge in [0.2, 0.25) is 5.88 Å². The number of nitrogen functional groups attached to an aromatic ring is 1. The third-order valence-electron chi connectivity index (χ3n) is 7.33. The number of anilines is 3. The number of ether oxygens (including phenoxy) is 2. The highest BCUT2D eigenvalue weighted by atomic mass is 32.2. The van der Waals surface area contributed by atoms with Crippen LogP contribution in [0.15, 0.2) is 83.9 Å². The van der Waals surface area contributed by atoms with Gasteiger partial charge in [0.05, 0.1) is 30.7 Å². The van der Waals surface area contributed by atoms with Crippen molar-refractivity contribution in [3.8, 4) is 28.1 Å². The summed E-state index contributed by atoms with van der Waals surface area (Å²) in [5.41, 5.74) is 11.1. The summed E-state index contributed by atoms with van der Waals surface area (Å²) in [5, 5.41) is 3.47. The smallest absolute Gasteiger partial charge is 0.313 e. The lowest BCUT2D eigenvalue weighted by Crippen LogP contribution is -2.45. The Bertz CT molecular complexity index is 1940. The van der Waals surface area contributed by atoms with Gasteiger partial charge in [-0.15, -0.1) is 0 Å². The molecule has 0 radical (unpaired) electrons. The third kappa shape index (κ3) is 6.70. The zero-order valence-corrected chi connectivity index (χ0v) is 25.4. The lowest BCUT2D eigenvalue weighted by molar-refractivity contribution is -0.145. The Balaban J connectivity index is 1.22. The molecule has 1 saturated heterocycles. The van der Waals surface area contributed by atoms with Crippen LogP contribution in [0, 0.1) is 11.6 Å². The number of aromatic nitrogens is 2. The van der Waals surface area contributed by atoms with Crippen LogP contribution >= 0.6 is 11.9 Å². The number of nitrogens with zero attached hydrogens (tertiary/aromatic N) is 3. The molecule has 10 nitrogen and oxygen atoms in total. The number of hydrogen-bond acceptors (Lipinski definition) is 9. The SMILES string of the molecule is COc1ncc(-c2ccc3nc(N)c(-c4ccc(NC(=O)C(=O)N5CCOCC5)cc4)cc3c2)cc1NSc1ccc(F)cc1F. The van der Waals surface area contributed by atoms with E-state index in [-0.39, 0.29) is 4.90 Å². The lowest BCUT2D eigenvalue weighted by Gasteiger charge is -2.26. The number of morpholine rings is 1. The molecule has 0 saturated carbocycles. The van der Waals surface area contributed by atoms with Gasteiger partial charge in [0.15, 0.2) is 0 Å². The topological polar surface area (TPSA) is 132 Å². The fourth-order valence-corrected chi connectivity index (χ4v) is 5.60. The molecule has 3 heterocycles. The first kappa shape index (κ1) is 30.7. The average molecular weight is 643 g/mol. The van der Waals surface area contributed by atoms with Crippen LogP contribution in [-0.2, 0) is 14.3 Å². The minimum atomic E-state index is -0.707. The molecule has 0 bridgehead atoms. The number of carbonyl (C=O) groups excluding carboxylic acids is 2. The maximum atomic E-state index is 14.2. The lowest BCUT2D eigenvalue weighted by atomic mass is 10.0. The van der Waals surface area contributed by atoms with Crippen molar-refractivity contribution in [2.24, 2.45) is 0 Å². The second-order valence-electron chi connectivity index (χ2n) is 10.3. The van der Waals surface area contributed by atoms with Crippen molar-refractivity contribution in [3.05, 3.63) is 90.6 Å². The number of pyridine rings is 2. The zero-order valence-electron chi connectivity index (χ0n) is 24.6. The summed E-state index contributed by atoms with van der Waals surface area (Å²) < 4.78 is 41.2. The Morgan fingerprint density at radius 2 is 1.72 bits per heavy atom. The van der Waals surface area contributed by atoms with Crippen LogP contribution in [-0.4, -0.2) is 60.1 Å². The van der Waals surface area contributed by atoms with E-state index in [0.29, 0.717) is 60.5 Å². The first-order valence-electron chi connectivity index (χ1n) is 14.2. The van der Waals surface area contributed by atoms with Gasteiger partial charge < -0.3 is 30.1 Å². The molecule has 1 aliphatic heterocycles. The number of fused-ring (bicyclic) bond motifs is 1. The van der Waals surface area contributed by atoms with Crippen molar-refractivity contribution >= 4 is 51.9 Å². The van der Waals surface area contributed by atoms with Crippen LogP contribution in [0.2, 0.25) is 0 Å². The van der Waals surface area contributed by atoms with Gasteiger partial charge in [-0.25, -0.2) is 18.7 Å². The Morgan fingerprint density at radius 1 is 0.957 bits per heavy atom. The van der Waals surface area contributed by atoms with Crippen LogP contribution in [0.25, 0.3) is 33.2 Å². The number of amides is 2. The average Bonchev–Trinajstić information content (AvgIpc) is 3.07. The summed E-state index contributed by atoms with van der Waals surface area (Å²) >= 11 is 0.976. The van der Waals surface area contributed by atoms with E-state index in [1.54, 1.807) is 30.5 Å². The van der Waals surface area contributed by atoms with E-state index in [9.17, 15) is 18.4 Å². The Labute approximate surface area is 267 Å². The summed E-state index contributed by atoms with van der Waals surface area (Å²) in [6.07, 6.45) is 1.66. The molecule has 4 N–H and O–H groups in total. The van der Waals surface area contributed by atoms with Crippen molar-refractivity contribution in [1.29, 1.82) is 0 Å². The van der Waals surface area contributed by atoms with Crippen molar-refractivity contribution in [2.75, 3.05) is 49.2 Å². The largest absolute Gasteiger partial charge is 0.480 e. The summed E-state index contributed by atoms with van der Waals surface area (Å²) in [4.78, 5) is 35.6. The molecule has 1 aliphatic rings. The highest BCUT2D eigenvalue weighted by Gasteiger charge is 2.23. The van der Waals surface area contributed by atoms with Crippen LogP contribution in [0.1, 0.15) is 0 Å². The number of nitrogens with two attached hydrogens (primary N) is 1. The normalized spacial score (nSPS) is 13.0. The van der Waals surface area contributed by atoms with Gasteiger partial charge in [-0.2, -0.15) is 0 Å². The molecule has 2 amide bonds. The van der Waals surface area contributed by atoms with Crippen LogP contribution < -0.4 is 20.5 Å². The molecule has 0 unspecified atom stereocenters. The van der Waals surface area contributed by atoms with E-state index >= 15 is 0 Å². The predicted octanol–water partition coefficient (Wildman–Crippen LogP) is 5.75. The Kier molecular flexibility index (Phi) is 8.94. The predicted molar refractivity (Wildman–Crippen MR) is 173 cm³/mol. The first-order valence-corrected chi connectivity index (χ1v) is 15.0. The number of methoxy groups -OCH3 is 1. The molecular formula is C33H28F2N6O4S. The van der Waals surface area contributed by atoms with Gasteiger partial charge in [0.1, 0.15) is 23.1 Å². The van der Waals surface area contributed by atoms with Gasteiger partial charge in [-0.3, -0.25) is 9.59 Å². The maximum Gasteiger partial charge on any atom is 0.313 e.